The summed E-state index contributed by atoms with van der Waals surface area (Å²) in [6.45, 7) is 5.43. The molecule has 0 spiro atoms. The lowest BCUT2D eigenvalue weighted by molar-refractivity contribution is -0.149. The van der Waals surface area contributed by atoms with Crippen molar-refractivity contribution in [2.45, 2.75) is 39.4 Å². The van der Waals surface area contributed by atoms with Crippen LogP contribution in [0.5, 0.6) is 11.6 Å². The molecule has 2 heterocycles. The Morgan fingerprint density at radius 3 is 2.85 bits per heavy atom. The molecule has 0 saturated carbocycles. The van der Waals surface area contributed by atoms with E-state index in [4.69, 9.17) is 19.9 Å². The molecule has 1 aliphatic rings. The molecule has 0 bridgehead atoms. The third kappa shape index (κ3) is 3.95. The van der Waals surface area contributed by atoms with Crippen molar-refractivity contribution in [3.63, 3.8) is 0 Å². The average molecular weight is 357 g/mol. The third-order valence-electron chi connectivity index (χ3n) is 3.88. The van der Waals surface area contributed by atoms with Crippen LogP contribution in [0.2, 0.25) is 0 Å². The molecule has 1 aromatic heterocycles. The Morgan fingerprint density at radius 2 is 2.15 bits per heavy atom. The molecule has 8 nitrogen and oxygen atoms in total. The average Bonchev–Trinajstić information content (AvgIpc) is 2.82. The lowest BCUT2D eigenvalue weighted by atomic mass is 9.77. The molecule has 3 N–H and O–H groups in total. The molecule has 0 radical (unpaired) electrons. The minimum absolute atomic E-state index is 0.0335. The number of ether oxygens (including phenoxy) is 2. The Hall–Kier alpha value is -2.65. The molecule has 0 saturated heterocycles. The molecule has 136 valence electrons. The number of esters is 1. The van der Waals surface area contributed by atoms with E-state index in [1.54, 1.807) is 26.0 Å². The number of fused-ring (bicyclic) bond motifs is 1. The number of nitrogens with two attached hydrogens (primary N) is 1. The van der Waals surface area contributed by atoms with Gasteiger partial charge in [-0.25, -0.2) is 9.97 Å². The Morgan fingerprint density at radius 1 is 1.38 bits per heavy atom. The smallest absolute Gasteiger partial charge is 0.463 e. The molecule has 3 rings (SSSR count). The van der Waals surface area contributed by atoms with E-state index in [-0.39, 0.29) is 18.5 Å². The number of nitrogen functional groups attached to an aromatic ring is 1. The van der Waals surface area contributed by atoms with Crippen LogP contribution in [-0.4, -0.2) is 34.2 Å². The number of nitrogens with zero attached hydrogens (tertiary/aromatic N) is 2. The van der Waals surface area contributed by atoms with Crippen LogP contribution in [0.4, 0.5) is 5.82 Å². The summed E-state index contributed by atoms with van der Waals surface area (Å²) in [7, 11) is -1.14. The normalized spacial score (nSPS) is 15.9. The van der Waals surface area contributed by atoms with E-state index in [0.29, 0.717) is 22.9 Å². The van der Waals surface area contributed by atoms with Gasteiger partial charge in [0.2, 0.25) is 5.88 Å². The van der Waals surface area contributed by atoms with Gasteiger partial charge in [-0.3, -0.25) is 4.79 Å². The molecule has 0 amide bonds. The monoisotopic (exact) mass is 357 g/mol. The van der Waals surface area contributed by atoms with Crippen LogP contribution < -0.4 is 15.9 Å². The van der Waals surface area contributed by atoms with Crippen molar-refractivity contribution >= 4 is 24.4 Å². The fourth-order valence-electron chi connectivity index (χ4n) is 2.93. The number of hydrogen-bond acceptors (Lipinski definition) is 8. The first-order chi connectivity index (χ1) is 12.3. The topological polar surface area (TPSA) is 117 Å². The first kappa shape index (κ1) is 18.2. The summed E-state index contributed by atoms with van der Waals surface area (Å²) in [5.41, 5.74) is 7.78. The number of aromatic nitrogens is 2. The van der Waals surface area contributed by atoms with Crippen LogP contribution in [-0.2, 0) is 14.2 Å². The van der Waals surface area contributed by atoms with Crippen molar-refractivity contribution in [2.75, 3.05) is 5.73 Å². The predicted octanol–water partition coefficient (Wildman–Crippen LogP) is 1.26. The highest BCUT2D eigenvalue weighted by Gasteiger charge is 2.38. The maximum absolute atomic E-state index is 11.9. The molecular formula is C17H20BN3O5. The molecule has 1 aromatic carbocycles. The Kier molecular flexibility index (Phi) is 5.10. The van der Waals surface area contributed by atoms with Crippen LogP contribution >= 0.6 is 0 Å². The van der Waals surface area contributed by atoms with Crippen LogP contribution in [0.15, 0.2) is 24.5 Å². The van der Waals surface area contributed by atoms with Crippen molar-refractivity contribution < 1.29 is 23.9 Å². The van der Waals surface area contributed by atoms with E-state index in [0.717, 1.165) is 11.1 Å². The summed E-state index contributed by atoms with van der Waals surface area (Å²) in [5.74, 6) is 0.691. The number of anilines is 1. The first-order valence-electron chi connectivity index (χ1n) is 8.26. The van der Waals surface area contributed by atoms with Gasteiger partial charge in [0.1, 0.15) is 17.9 Å². The third-order valence-corrected chi connectivity index (χ3v) is 3.88. The lowest BCUT2D eigenvalue weighted by Crippen LogP contribution is -2.28. The molecule has 2 aromatic rings. The first-order valence-corrected chi connectivity index (χ1v) is 8.26. The van der Waals surface area contributed by atoms with Crippen molar-refractivity contribution in [3.05, 3.63) is 35.7 Å². The van der Waals surface area contributed by atoms with Gasteiger partial charge in [0, 0.05) is 6.07 Å². The minimum atomic E-state index is -1.14. The van der Waals surface area contributed by atoms with Crippen molar-refractivity contribution in [1.29, 1.82) is 0 Å². The van der Waals surface area contributed by atoms with Crippen LogP contribution in [0.3, 0.4) is 0 Å². The van der Waals surface area contributed by atoms with Gasteiger partial charge in [-0.05, 0) is 49.5 Å². The highest BCUT2D eigenvalue weighted by atomic mass is 16.6. The quantitative estimate of drug-likeness (QED) is 0.607. The van der Waals surface area contributed by atoms with E-state index < -0.39 is 13.2 Å². The molecule has 1 atom stereocenters. The summed E-state index contributed by atoms with van der Waals surface area (Å²) >= 11 is 0. The summed E-state index contributed by atoms with van der Waals surface area (Å²) in [6, 6.07) is 4.96. The summed E-state index contributed by atoms with van der Waals surface area (Å²) in [4.78, 5) is 19.7. The molecule has 0 fully saturated rings. The van der Waals surface area contributed by atoms with Gasteiger partial charge in [0.25, 0.3) is 0 Å². The van der Waals surface area contributed by atoms with Gasteiger partial charge in [0.15, 0.2) is 0 Å². The molecular weight excluding hydrogens is 337 g/mol. The van der Waals surface area contributed by atoms with Crippen LogP contribution in [0, 0.1) is 6.92 Å². The van der Waals surface area contributed by atoms with E-state index in [1.807, 2.05) is 6.92 Å². The number of hydrogen-bond donors (Lipinski definition) is 2. The fourth-order valence-corrected chi connectivity index (χ4v) is 2.93. The van der Waals surface area contributed by atoms with Gasteiger partial charge in [0.05, 0.1) is 18.6 Å². The van der Waals surface area contributed by atoms with Gasteiger partial charge in [-0.2, -0.15) is 0 Å². The van der Waals surface area contributed by atoms with E-state index in [9.17, 15) is 9.82 Å². The number of carbonyl (C=O) groups excluding carboxylic acids is 1. The fraction of sp³-hybridized carbons (Fsp3) is 0.353. The van der Waals surface area contributed by atoms with E-state index in [2.05, 4.69) is 9.97 Å². The van der Waals surface area contributed by atoms with Crippen molar-refractivity contribution in [3.8, 4) is 11.6 Å². The van der Waals surface area contributed by atoms with Gasteiger partial charge in [-0.15, -0.1) is 0 Å². The molecule has 0 aliphatic carbocycles. The second-order valence-corrected chi connectivity index (χ2v) is 6.35. The van der Waals surface area contributed by atoms with Gasteiger partial charge >= 0.3 is 13.1 Å². The largest absolute Gasteiger partial charge is 0.492 e. The van der Waals surface area contributed by atoms with E-state index in [1.165, 1.54) is 12.4 Å². The second-order valence-electron chi connectivity index (χ2n) is 6.35. The minimum Gasteiger partial charge on any atom is -0.463 e. The molecule has 1 unspecified atom stereocenters. The SMILES string of the molecule is Cc1cc(Oc2cc(N)ncn2)cc2c1C(CC(=O)OC(C)C)OB2O. The van der Waals surface area contributed by atoms with Gasteiger partial charge in [-0.1, -0.05) is 0 Å². The number of aryl methyl sites for hydroxylation is 1. The Balaban J connectivity index is 1.83. The molecule has 9 heteroatoms. The number of rotatable bonds is 5. The summed E-state index contributed by atoms with van der Waals surface area (Å²) in [6.07, 6.45) is 0.575. The van der Waals surface area contributed by atoms with Gasteiger partial charge < -0.3 is 24.9 Å². The Labute approximate surface area is 151 Å². The number of benzene rings is 1. The maximum Gasteiger partial charge on any atom is 0.492 e. The maximum atomic E-state index is 11.9. The highest BCUT2D eigenvalue weighted by molar-refractivity contribution is 6.62. The summed E-state index contributed by atoms with van der Waals surface area (Å²) in [5, 5.41) is 10.2. The zero-order valence-corrected chi connectivity index (χ0v) is 14.8. The zero-order valence-electron chi connectivity index (χ0n) is 14.8. The lowest BCUT2D eigenvalue weighted by Gasteiger charge is -2.16. The second kappa shape index (κ2) is 7.31. The number of carbonyl (C=O) groups is 1. The zero-order chi connectivity index (χ0) is 18.8. The van der Waals surface area contributed by atoms with Crippen molar-refractivity contribution in [1.82, 2.24) is 9.97 Å². The standard InChI is InChI=1S/C17H20BN3O5/c1-9(2)24-16(22)6-13-17-10(3)4-11(5-12(17)18(23)26-13)25-15-7-14(19)20-8-21-15/h4-5,7-9,13,23H,6H2,1-3H3,(H2,19,20,21). The van der Waals surface area contributed by atoms with Crippen LogP contribution in [0.25, 0.3) is 0 Å². The highest BCUT2D eigenvalue weighted by Crippen LogP contribution is 2.33. The molecule has 26 heavy (non-hydrogen) atoms. The summed E-state index contributed by atoms with van der Waals surface area (Å²) < 4.78 is 16.4. The van der Waals surface area contributed by atoms with Crippen LogP contribution in [0.1, 0.15) is 37.5 Å². The molecule has 1 aliphatic heterocycles. The van der Waals surface area contributed by atoms with Crippen molar-refractivity contribution in [2.24, 2.45) is 0 Å². The van der Waals surface area contributed by atoms with E-state index >= 15 is 0 Å². The Bertz CT molecular complexity index is 830. The predicted molar refractivity (Wildman–Crippen MR) is 95.0 cm³/mol.